The molecule has 1 amide bonds. The topological polar surface area (TPSA) is 40.5 Å². The normalized spacial score (nSPS) is 23.4. The molecule has 1 aliphatic heterocycles. The van der Waals surface area contributed by atoms with Crippen molar-refractivity contribution >= 4 is 5.91 Å². The first kappa shape index (κ1) is 12.2. The lowest BCUT2D eigenvalue weighted by molar-refractivity contribution is -0.126. The molecule has 0 aromatic heterocycles. The standard InChI is InChI=1S/C12H21NO2/c1-5-9(2)11(14)13-7-6-10(8-13)12(3,4)15/h5,10,15H,6-8H2,1-4H3/b9-5+. The third kappa shape index (κ3) is 2.81. The van der Waals surface area contributed by atoms with Crippen LogP contribution in [-0.4, -0.2) is 34.6 Å². The van der Waals surface area contributed by atoms with Crippen molar-refractivity contribution in [1.82, 2.24) is 4.90 Å². The van der Waals surface area contributed by atoms with E-state index in [4.69, 9.17) is 0 Å². The van der Waals surface area contributed by atoms with Crippen molar-refractivity contribution in [3.63, 3.8) is 0 Å². The molecule has 0 saturated carbocycles. The van der Waals surface area contributed by atoms with E-state index in [0.29, 0.717) is 6.54 Å². The maximum Gasteiger partial charge on any atom is 0.249 e. The van der Waals surface area contributed by atoms with E-state index >= 15 is 0 Å². The van der Waals surface area contributed by atoms with E-state index in [-0.39, 0.29) is 11.8 Å². The van der Waals surface area contributed by atoms with Crippen molar-refractivity contribution in [2.75, 3.05) is 13.1 Å². The fourth-order valence-corrected chi connectivity index (χ4v) is 1.89. The second-order valence-electron chi connectivity index (χ2n) is 4.86. The summed E-state index contributed by atoms with van der Waals surface area (Å²) in [5.74, 6) is 0.301. The van der Waals surface area contributed by atoms with Gasteiger partial charge in [0.15, 0.2) is 0 Å². The Morgan fingerprint density at radius 3 is 2.53 bits per heavy atom. The van der Waals surface area contributed by atoms with Gasteiger partial charge in [0.25, 0.3) is 0 Å². The van der Waals surface area contributed by atoms with Gasteiger partial charge < -0.3 is 10.0 Å². The van der Waals surface area contributed by atoms with Crippen LogP contribution in [0.2, 0.25) is 0 Å². The van der Waals surface area contributed by atoms with Gasteiger partial charge in [-0.05, 0) is 34.1 Å². The van der Waals surface area contributed by atoms with Gasteiger partial charge in [0.2, 0.25) is 5.91 Å². The van der Waals surface area contributed by atoms with E-state index in [1.807, 2.05) is 38.7 Å². The van der Waals surface area contributed by atoms with Crippen LogP contribution in [0.4, 0.5) is 0 Å². The van der Waals surface area contributed by atoms with Crippen LogP contribution in [0.3, 0.4) is 0 Å². The highest BCUT2D eigenvalue weighted by atomic mass is 16.3. The summed E-state index contributed by atoms with van der Waals surface area (Å²) in [6.07, 6.45) is 2.73. The lowest BCUT2D eigenvalue weighted by Gasteiger charge is -2.25. The molecule has 1 rings (SSSR count). The van der Waals surface area contributed by atoms with Crippen LogP contribution in [-0.2, 0) is 4.79 Å². The number of carbonyl (C=O) groups is 1. The van der Waals surface area contributed by atoms with Gasteiger partial charge in [0.05, 0.1) is 5.60 Å². The molecule has 0 aliphatic carbocycles. The number of rotatable bonds is 2. The van der Waals surface area contributed by atoms with Crippen LogP contribution in [0, 0.1) is 5.92 Å². The molecule has 0 aromatic carbocycles. The molecule has 15 heavy (non-hydrogen) atoms. The fraction of sp³-hybridized carbons (Fsp3) is 0.750. The lowest BCUT2D eigenvalue weighted by Crippen LogP contribution is -2.35. The van der Waals surface area contributed by atoms with E-state index < -0.39 is 5.60 Å². The lowest BCUT2D eigenvalue weighted by atomic mass is 9.90. The summed E-state index contributed by atoms with van der Waals surface area (Å²) in [5.41, 5.74) is 0.102. The Labute approximate surface area is 91.8 Å². The van der Waals surface area contributed by atoms with Gasteiger partial charge in [-0.3, -0.25) is 4.79 Å². The van der Waals surface area contributed by atoms with E-state index in [9.17, 15) is 9.90 Å². The number of likely N-dealkylation sites (tertiary alicyclic amines) is 1. The predicted molar refractivity (Wildman–Crippen MR) is 60.4 cm³/mol. The molecule has 1 atom stereocenters. The molecule has 0 radical (unpaired) electrons. The first-order chi connectivity index (χ1) is 6.86. The monoisotopic (exact) mass is 211 g/mol. The average molecular weight is 211 g/mol. The molecular formula is C12H21NO2. The largest absolute Gasteiger partial charge is 0.390 e. The molecule has 1 unspecified atom stereocenters. The van der Waals surface area contributed by atoms with Crippen LogP contribution in [0.25, 0.3) is 0 Å². The summed E-state index contributed by atoms with van der Waals surface area (Å²) in [4.78, 5) is 13.7. The number of carbonyl (C=O) groups excluding carboxylic acids is 1. The van der Waals surface area contributed by atoms with Crippen LogP contribution in [0.5, 0.6) is 0 Å². The molecular weight excluding hydrogens is 190 g/mol. The molecule has 3 heteroatoms. The molecule has 1 heterocycles. The maximum atomic E-state index is 11.8. The minimum Gasteiger partial charge on any atom is -0.390 e. The molecule has 1 aliphatic rings. The van der Waals surface area contributed by atoms with Crippen LogP contribution in [0.15, 0.2) is 11.6 Å². The Hall–Kier alpha value is -0.830. The zero-order valence-corrected chi connectivity index (χ0v) is 10.1. The van der Waals surface area contributed by atoms with E-state index in [1.165, 1.54) is 0 Å². The van der Waals surface area contributed by atoms with Gasteiger partial charge in [0.1, 0.15) is 0 Å². The smallest absolute Gasteiger partial charge is 0.249 e. The van der Waals surface area contributed by atoms with Gasteiger partial charge in [0, 0.05) is 24.6 Å². The predicted octanol–water partition coefficient (Wildman–Crippen LogP) is 1.57. The number of allylic oxidation sites excluding steroid dienone is 1. The second-order valence-corrected chi connectivity index (χ2v) is 4.86. The zero-order chi connectivity index (χ0) is 11.6. The number of hydrogen-bond donors (Lipinski definition) is 1. The van der Waals surface area contributed by atoms with Gasteiger partial charge in [-0.15, -0.1) is 0 Å². The number of hydrogen-bond acceptors (Lipinski definition) is 2. The molecule has 1 fully saturated rings. The van der Waals surface area contributed by atoms with Gasteiger partial charge in [-0.2, -0.15) is 0 Å². The van der Waals surface area contributed by atoms with Crippen molar-refractivity contribution in [1.29, 1.82) is 0 Å². The SMILES string of the molecule is C/C=C(\C)C(=O)N1CCC(C(C)(C)O)C1. The summed E-state index contributed by atoms with van der Waals surface area (Å²) in [6, 6.07) is 0. The summed E-state index contributed by atoms with van der Waals surface area (Å²) >= 11 is 0. The molecule has 0 bridgehead atoms. The van der Waals surface area contributed by atoms with E-state index in [1.54, 1.807) is 0 Å². The van der Waals surface area contributed by atoms with Crippen LogP contribution in [0.1, 0.15) is 34.1 Å². The van der Waals surface area contributed by atoms with Crippen molar-refractivity contribution in [3.05, 3.63) is 11.6 Å². The number of aliphatic hydroxyl groups is 1. The summed E-state index contributed by atoms with van der Waals surface area (Å²) in [6.45, 7) is 8.77. The Bertz CT molecular complexity index is 276. The summed E-state index contributed by atoms with van der Waals surface area (Å²) in [7, 11) is 0. The van der Waals surface area contributed by atoms with E-state index in [0.717, 1.165) is 18.5 Å². The van der Waals surface area contributed by atoms with Crippen molar-refractivity contribution in [2.24, 2.45) is 5.92 Å². The highest BCUT2D eigenvalue weighted by Gasteiger charge is 2.35. The first-order valence-electron chi connectivity index (χ1n) is 5.50. The molecule has 1 N–H and O–H groups in total. The molecule has 1 saturated heterocycles. The Morgan fingerprint density at radius 1 is 1.53 bits per heavy atom. The quantitative estimate of drug-likeness (QED) is 0.704. The molecule has 0 aromatic rings. The summed E-state index contributed by atoms with van der Waals surface area (Å²) in [5, 5.41) is 9.86. The first-order valence-corrected chi connectivity index (χ1v) is 5.50. The van der Waals surface area contributed by atoms with Crippen molar-refractivity contribution in [2.45, 2.75) is 39.7 Å². The molecule has 0 spiro atoms. The number of nitrogens with zero attached hydrogens (tertiary/aromatic N) is 1. The fourth-order valence-electron chi connectivity index (χ4n) is 1.89. The maximum absolute atomic E-state index is 11.8. The molecule has 86 valence electrons. The minimum atomic E-state index is -0.682. The van der Waals surface area contributed by atoms with Gasteiger partial charge in [-0.1, -0.05) is 6.08 Å². The molecule has 3 nitrogen and oxygen atoms in total. The minimum absolute atomic E-state index is 0.101. The Balaban J connectivity index is 2.61. The van der Waals surface area contributed by atoms with Gasteiger partial charge in [-0.25, -0.2) is 0 Å². The number of amides is 1. The van der Waals surface area contributed by atoms with Crippen molar-refractivity contribution < 1.29 is 9.90 Å². The van der Waals surface area contributed by atoms with Crippen molar-refractivity contribution in [3.8, 4) is 0 Å². The van der Waals surface area contributed by atoms with Crippen LogP contribution < -0.4 is 0 Å². The average Bonchev–Trinajstić information content (AvgIpc) is 2.63. The second kappa shape index (κ2) is 4.35. The third-order valence-electron chi connectivity index (χ3n) is 3.24. The summed E-state index contributed by atoms with van der Waals surface area (Å²) < 4.78 is 0. The Morgan fingerprint density at radius 2 is 2.13 bits per heavy atom. The highest BCUT2D eigenvalue weighted by molar-refractivity contribution is 5.92. The third-order valence-corrected chi connectivity index (χ3v) is 3.24. The van der Waals surface area contributed by atoms with Gasteiger partial charge >= 0.3 is 0 Å². The van der Waals surface area contributed by atoms with Crippen LogP contribution >= 0.6 is 0 Å². The Kier molecular flexibility index (Phi) is 3.55. The highest BCUT2D eigenvalue weighted by Crippen LogP contribution is 2.27. The zero-order valence-electron chi connectivity index (χ0n) is 10.1. The van der Waals surface area contributed by atoms with E-state index in [2.05, 4.69) is 0 Å².